The highest BCUT2D eigenvalue weighted by Gasteiger charge is 2.13. The monoisotopic (exact) mass is 326 g/mol. The topological polar surface area (TPSA) is 69.0 Å². The summed E-state index contributed by atoms with van der Waals surface area (Å²) in [6.45, 7) is 1.82. The van der Waals surface area contributed by atoms with Gasteiger partial charge in [0, 0.05) is 22.5 Å². The lowest BCUT2D eigenvalue weighted by Crippen LogP contribution is -2.14. The third-order valence-corrected chi connectivity index (χ3v) is 5.01. The number of sulfone groups is 1. The van der Waals surface area contributed by atoms with Crippen LogP contribution in [0.2, 0.25) is 5.02 Å². The minimum absolute atomic E-state index is 0.00152. The van der Waals surface area contributed by atoms with Crippen LogP contribution in [-0.2, 0) is 16.4 Å². The standard InChI is InChI=1S/C14H15ClN2O3S/c1-2-21(19,20)7-6-17-9-12(10-18)14(16-17)11-4-3-5-13(15)8-11/h3-5,8-10H,2,6-7H2,1H3. The zero-order valence-electron chi connectivity index (χ0n) is 11.5. The Bertz CT molecular complexity index is 753. The van der Waals surface area contributed by atoms with Gasteiger partial charge in [0.2, 0.25) is 0 Å². The molecule has 0 aliphatic carbocycles. The smallest absolute Gasteiger partial charge is 0.153 e. The quantitative estimate of drug-likeness (QED) is 0.765. The highest BCUT2D eigenvalue weighted by atomic mass is 35.5. The first-order valence-corrected chi connectivity index (χ1v) is 8.64. The average molecular weight is 327 g/mol. The van der Waals surface area contributed by atoms with Crippen molar-refractivity contribution in [2.45, 2.75) is 13.5 Å². The lowest BCUT2D eigenvalue weighted by Gasteiger charge is -2.02. The first-order chi connectivity index (χ1) is 9.95. The fourth-order valence-corrected chi connectivity index (χ4v) is 2.82. The van der Waals surface area contributed by atoms with Gasteiger partial charge in [0.05, 0.1) is 17.9 Å². The molecule has 21 heavy (non-hydrogen) atoms. The van der Waals surface area contributed by atoms with Crippen molar-refractivity contribution in [3.8, 4) is 11.3 Å². The minimum Gasteiger partial charge on any atom is -0.298 e. The van der Waals surface area contributed by atoms with Crippen LogP contribution < -0.4 is 0 Å². The molecular weight excluding hydrogens is 312 g/mol. The van der Waals surface area contributed by atoms with Crippen molar-refractivity contribution in [3.63, 3.8) is 0 Å². The van der Waals surface area contributed by atoms with Crippen LogP contribution >= 0.6 is 11.6 Å². The summed E-state index contributed by atoms with van der Waals surface area (Å²) >= 11 is 5.93. The number of carbonyl (C=O) groups excluding carboxylic acids is 1. The molecule has 0 radical (unpaired) electrons. The number of aldehydes is 1. The van der Waals surface area contributed by atoms with E-state index < -0.39 is 9.84 Å². The Morgan fingerprint density at radius 1 is 1.38 bits per heavy atom. The van der Waals surface area contributed by atoms with Crippen LogP contribution in [0.25, 0.3) is 11.3 Å². The van der Waals surface area contributed by atoms with E-state index in [0.717, 1.165) is 5.56 Å². The van der Waals surface area contributed by atoms with Crippen molar-refractivity contribution in [1.82, 2.24) is 9.78 Å². The molecule has 2 rings (SSSR count). The van der Waals surface area contributed by atoms with E-state index in [1.54, 1.807) is 37.4 Å². The first kappa shape index (κ1) is 15.7. The second-order valence-electron chi connectivity index (χ2n) is 4.56. The number of nitrogens with zero attached hydrogens (tertiary/aromatic N) is 2. The molecule has 2 aromatic rings. The molecule has 0 saturated heterocycles. The Labute approximate surface area is 128 Å². The van der Waals surface area contributed by atoms with Gasteiger partial charge in [0.1, 0.15) is 5.69 Å². The van der Waals surface area contributed by atoms with E-state index in [1.807, 2.05) is 0 Å². The van der Waals surface area contributed by atoms with E-state index >= 15 is 0 Å². The molecule has 0 unspecified atom stereocenters. The second kappa shape index (κ2) is 6.41. The Morgan fingerprint density at radius 3 is 2.76 bits per heavy atom. The molecule has 0 saturated carbocycles. The summed E-state index contributed by atoms with van der Waals surface area (Å²) in [5.41, 5.74) is 1.63. The van der Waals surface area contributed by atoms with Gasteiger partial charge in [-0.3, -0.25) is 9.48 Å². The zero-order chi connectivity index (χ0) is 15.5. The fraction of sp³-hybridized carbons (Fsp3) is 0.286. The largest absolute Gasteiger partial charge is 0.298 e. The molecule has 0 N–H and O–H groups in total. The molecule has 1 heterocycles. The Balaban J connectivity index is 2.30. The van der Waals surface area contributed by atoms with Gasteiger partial charge in [0.15, 0.2) is 16.1 Å². The van der Waals surface area contributed by atoms with E-state index in [2.05, 4.69) is 5.10 Å². The van der Waals surface area contributed by atoms with Gasteiger partial charge in [-0.2, -0.15) is 5.10 Å². The van der Waals surface area contributed by atoms with Crippen LogP contribution in [0.5, 0.6) is 0 Å². The molecule has 0 aliphatic rings. The number of rotatable bonds is 6. The third-order valence-electron chi connectivity index (χ3n) is 3.09. The molecule has 5 nitrogen and oxygen atoms in total. The molecule has 0 bridgehead atoms. The Kier molecular flexibility index (Phi) is 4.80. The van der Waals surface area contributed by atoms with Gasteiger partial charge in [-0.25, -0.2) is 8.42 Å². The van der Waals surface area contributed by atoms with E-state index in [4.69, 9.17) is 11.6 Å². The van der Waals surface area contributed by atoms with Gasteiger partial charge in [-0.1, -0.05) is 30.7 Å². The summed E-state index contributed by atoms with van der Waals surface area (Å²) in [5.74, 6) is 0.0917. The van der Waals surface area contributed by atoms with Gasteiger partial charge < -0.3 is 0 Å². The Morgan fingerprint density at radius 2 is 2.14 bits per heavy atom. The van der Waals surface area contributed by atoms with Gasteiger partial charge in [-0.05, 0) is 12.1 Å². The van der Waals surface area contributed by atoms with Crippen molar-refractivity contribution in [2.24, 2.45) is 0 Å². The van der Waals surface area contributed by atoms with Crippen LogP contribution in [0.15, 0.2) is 30.5 Å². The van der Waals surface area contributed by atoms with Crippen molar-refractivity contribution < 1.29 is 13.2 Å². The number of halogens is 1. The lowest BCUT2D eigenvalue weighted by atomic mass is 10.1. The molecule has 1 aromatic heterocycles. The van der Waals surface area contributed by atoms with Crippen molar-refractivity contribution in [1.29, 1.82) is 0 Å². The number of aryl methyl sites for hydroxylation is 1. The van der Waals surface area contributed by atoms with Crippen molar-refractivity contribution in [2.75, 3.05) is 11.5 Å². The number of hydrogen-bond donors (Lipinski definition) is 0. The molecule has 0 aliphatic heterocycles. The summed E-state index contributed by atoms with van der Waals surface area (Å²) in [6, 6.07) is 7.02. The number of aromatic nitrogens is 2. The summed E-state index contributed by atoms with van der Waals surface area (Å²) in [5, 5.41) is 4.84. The van der Waals surface area contributed by atoms with Crippen molar-refractivity contribution >= 4 is 27.7 Å². The van der Waals surface area contributed by atoms with Crippen LogP contribution in [0.4, 0.5) is 0 Å². The van der Waals surface area contributed by atoms with E-state index in [-0.39, 0.29) is 18.1 Å². The summed E-state index contributed by atoms with van der Waals surface area (Å²) in [4.78, 5) is 11.2. The van der Waals surface area contributed by atoms with Gasteiger partial charge in [0.25, 0.3) is 0 Å². The second-order valence-corrected chi connectivity index (χ2v) is 7.47. The van der Waals surface area contributed by atoms with Crippen LogP contribution in [0, 0.1) is 0 Å². The molecule has 0 atom stereocenters. The SMILES string of the molecule is CCS(=O)(=O)CCn1cc(C=O)c(-c2cccc(Cl)c2)n1. The maximum atomic E-state index is 11.5. The number of benzene rings is 1. The van der Waals surface area contributed by atoms with E-state index in [0.29, 0.717) is 22.6 Å². The molecule has 0 fully saturated rings. The van der Waals surface area contributed by atoms with Gasteiger partial charge >= 0.3 is 0 Å². The minimum atomic E-state index is -3.07. The van der Waals surface area contributed by atoms with Gasteiger partial charge in [-0.15, -0.1) is 0 Å². The molecule has 7 heteroatoms. The normalized spacial score (nSPS) is 11.5. The number of hydrogen-bond acceptors (Lipinski definition) is 4. The predicted octanol–water partition coefficient (Wildman–Crippen LogP) is 2.45. The molecule has 1 aromatic carbocycles. The van der Waals surface area contributed by atoms with Crippen LogP contribution in [0.1, 0.15) is 17.3 Å². The summed E-state index contributed by atoms with van der Waals surface area (Å²) < 4.78 is 24.5. The maximum Gasteiger partial charge on any atom is 0.153 e. The number of carbonyl (C=O) groups is 1. The van der Waals surface area contributed by atoms with E-state index in [9.17, 15) is 13.2 Å². The average Bonchev–Trinajstić information content (AvgIpc) is 2.89. The van der Waals surface area contributed by atoms with Crippen LogP contribution in [0.3, 0.4) is 0 Å². The summed E-state index contributed by atoms with van der Waals surface area (Å²) in [7, 11) is -3.07. The molecule has 112 valence electrons. The fourth-order valence-electron chi connectivity index (χ4n) is 1.87. The zero-order valence-corrected chi connectivity index (χ0v) is 13.1. The highest BCUT2D eigenvalue weighted by molar-refractivity contribution is 7.91. The first-order valence-electron chi connectivity index (χ1n) is 6.44. The third kappa shape index (κ3) is 3.92. The Hall–Kier alpha value is -1.66. The predicted molar refractivity (Wildman–Crippen MR) is 82.4 cm³/mol. The molecule has 0 amide bonds. The maximum absolute atomic E-state index is 11.5. The summed E-state index contributed by atoms with van der Waals surface area (Å²) in [6.07, 6.45) is 2.25. The highest BCUT2D eigenvalue weighted by Crippen LogP contribution is 2.23. The van der Waals surface area contributed by atoms with Crippen molar-refractivity contribution in [3.05, 3.63) is 41.0 Å². The molecular formula is C14H15ClN2O3S. The lowest BCUT2D eigenvalue weighted by molar-refractivity contribution is 0.112. The van der Waals surface area contributed by atoms with Crippen LogP contribution in [-0.4, -0.2) is 36.0 Å². The molecule has 0 spiro atoms. The van der Waals surface area contributed by atoms with E-state index in [1.165, 1.54) is 4.68 Å².